The summed E-state index contributed by atoms with van der Waals surface area (Å²) in [4.78, 5) is 0. The molecule has 0 bridgehead atoms. The van der Waals surface area contributed by atoms with Crippen LogP contribution in [-0.4, -0.2) is 29.9 Å². The molecule has 2 atom stereocenters. The van der Waals surface area contributed by atoms with Gasteiger partial charge in [-0.2, -0.15) is 0 Å². The molecular formula is C22H30BrNO2. The summed E-state index contributed by atoms with van der Waals surface area (Å²) in [5, 5.41) is 24.2. The van der Waals surface area contributed by atoms with Gasteiger partial charge in [-0.25, -0.2) is 0 Å². The Hall–Kier alpha value is -1.20. The van der Waals surface area contributed by atoms with Gasteiger partial charge in [0.1, 0.15) is 0 Å². The number of nitrogens with one attached hydrogen (secondary N) is 1. The summed E-state index contributed by atoms with van der Waals surface area (Å²) in [6, 6.07) is 18.3. The van der Waals surface area contributed by atoms with Crippen molar-refractivity contribution in [1.82, 2.24) is 5.32 Å². The molecule has 0 heterocycles. The molecule has 4 heteroatoms. The van der Waals surface area contributed by atoms with Crippen molar-refractivity contribution in [3.8, 4) is 0 Å². The maximum Gasteiger partial charge on any atom is 0.0976 e. The van der Waals surface area contributed by atoms with Gasteiger partial charge in [-0.05, 0) is 49.1 Å². The molecule has 0 aliphatic heterocycles. The second kappa shape index (κ2) is 10.8. The standard InChI is InChI=1S/C22H30BrNO2/c1-2-14-22(26,19-10-12-20(23)13-11-19)21(17-24-15-6-7-16-25)18-8-4-3-5-9-18/h3-5,8-13,21,24-26H,2,6-7,14-17H2,1H3/t21-,22+/m1/s1. The minimum atomic E-state index is -0.930. The van der Waals surface area contributed by atoms with Gasteiger partial charge in [0.2, 0.25) is 0 Å². The van der Waals surface area contributed by atoms with Crippen LogP contribution in [0.3, 0.4) is 0 Å². The Morgan fingerprint density at radius 3 is 2.35 bits per heavy atom. The average molecular weight is 420 g/mol. The van der Waals surface area contributed by atoms with Crippen LogP contribution in [0.25, 0.3) is 0 Å². The quantitative estimate of drug-likeness (QED) is 0.467. The Kier molecular flexibility index (Phi) is 8.79. The summed E-state index contributed by atoms with van der Waals surface area (Å²) in [5.41, 5.74) is 1.16. The molecule has 0 unspecified atom stereocenters. The predicted octanol–water partition coefficient (Wildman–Crippen LogP) is 4.58. The third-order valence-electron chi connectivity index (χ3n) is 4.86. The number of aliphatic hydroxyl groups excluding tert-OH is 1. The predicted molar refractivity (Wildman–Crippen MR) is 111 cm³/mol. The first-order valence-electron chi connectivity index (χ1n) is 9.46. The van der Waals surface area contributed by atoms with Crippen LogP contribution in [0, 0.1) is 0 Å². The molecule has 2 rings (SSSR count). The first-order valence-corrected chi connectivity index (χ1v) is 10.3. The van der Waals surface area contributed by atoms with Gasteiger partial charge in [0.15, 0.2) is 0 Å². The molecule has 2 aromatic carbocycles. The Morgan fingerprint density at radius 1 is 1.04 bits per heavy atom. The van der Waals surface area contributed by atoms with Crippen molar-refractivity contribution >= 4 is 15.9 Å². The maximum atomic E-state index is 11.8. The first kappa shape index (κ1) is 21.1. The minimum absolute atomic E-state index is 0.0426. The SMILES string of the molecule is CCC[C@](O)(c1ccc(Br)cc1)[C@H](CNCCCCO)c1ccccc1. The first-order chi connectivity index (χ1) is 12.6. The summed E-state index contributed by atoms with van der Waals surface area (Å²) >= 11 is 3.48. The van der Waals surface area contributed by atoms with Crippen LogP contribution < -0.4 is 5.32 Å². The molecule has 0 spiro atoms. The minimum Gasteiger partial charge on any atom is -0.396 e. The van der Waals surface area contributed by atoms with Crippen molar-refractivity contribution in [2.75, 3.05) is 19.7 Å². The number of unbranched alkanes of at least 4 members (excludes halogenated alkanes) is 1. The van der Waals surface area contributed by atoms with E-state index in [2.05, 4.69) is 40.3 Å². The largest absolute Gasteiger partial charge is 0.396 e. The molecule has 0 fully saturated rings. The normalized spacial score (nSPS) is 14.8. The van der Waals surface area contributed by atoms with Crippen LogP contribution in [0.15, 0.2) is 59.1 Å². The fourth-order valence-corrected chi connectivity index (χ4v) is 3.76. The molecule has 142 valence electrons. The highest BCUT2D eigenvalue weighted by Crippen LogP contribution is 2.40. The number of hydrogen-bond acceptors (Lipinski definition) is 3. The highest BCUT2D eigenvalue weighted by atomic mass is 79.9. The van der Waals surface area contributed by atoms with E-state index in [1.807, 2.05) is 42.5 Å². The summed E-state index contributed by atoms with van der Waals surface area (Å²) < 4.78 is 1.01. The van der Waals surface area contributed by atoms with Crippen LogP contribution in [-0.2, 0) is 5.60 Å². The topological polar surface area (TPSA) is 52.5 Å². The molecule has 0 aliphatic rings. The molecule has 0 saturated heterocycles. The van der Waals surface area contributed by atoms with E-state index in [1.54, 1.807) is 0 Å². The van der Waals surface area contributed by atoms with E-state index in [1.165, 1.54) is 0 Å². The van der Waals surface area contributed by atoms with E-state index < -0.39 is 5.60 Å². The lowest BCUT2D eigenvalue weighted by molar-refractivity contribution is -0.00238. The van der Waals surface area contributed by atoms with Crippen LogP contribution >= 0.6 is 15.9 Å². The second-order valence-electron chi connectivity index (χ2n) is 6.78. The van der Waals surface area contributed by atoms with E-state index >= 15 is 0 Å². The van der Waals surface area contributed by atoms with Gasteiger partial charge >= 0.3 is 0 Å². The Morgan fingerprint density at radius 2 is 1.73 bits per heavy atom. The lowest BCUT2D eigenvalue weighted by Crippen LogP contribution is -2.39. The molecule has 3 nitrogen and oxygen atoms in total. The van der Waals surface area contributed by atoms with E-state index in [0.717, 1.165) is 41.4 Å². The smallest absolute Gasteiger partial charge is 0.0976 e. The van der Waals surface area contributed by atoms with E-state index in [9.17, 15) is 5.11 Å². The number of aliphatic hydroxyl groups is 2. The van der Waals surface area contributed by atoms with Gasteiger partial charge in [-0.3, -0.25) is 0 Å². The van der Waals surface area contributed by atoms with Crippen LogP contribution in [0.1, 0.15) is 49.7 Å². The zero-order valence-corrected chi connectivity index (χ0v) is 17.1. The highest BCUT2D eigenvalue weighted by molar-refractivity contribution is 9.10. The maximum absolute atomic E-state index is 11.8. The van der Waals surface area contributed by atoms with Gasteiger partial charge < -0.3 is 15.5 Å². The summed E-state index contributed by atoms with van der Waals surface area (Å²) in [5.74, 6) is -0.0426. The fourth-order valence-electron chi connectivity index (χ4n) is 3.50. The van der Waals surface area contributed by atoms with Gasteiger partial charge in [-0.15, -0.1) is 0 Å². The molecule has 0 aromatic heterocycles. The van der Waals surface area contributed by atoms with Crippen molar-refractivity contribution < 1.29 is 10.2 Å². The second-order valence-corrected chi connectivity index (χ2v) is 7.69. The van der Waals surface area contributed by atoms with Crippen molar-refractivity contribution in [3.05, 3.63) is 70.2 Å². The number of halogens is 1. The molecule has 2 aromatic rings. The van der Waals surface area contributed by atoms with Crippen LogP contribution in [0.4, 0.5) is 0 Å². The molecule has 26 heavy (non-hydrogen) atoms. The molecule has 0 aliphatic carbocycles. The summed E-state index contributed by atoms with van der Waals surface area (Å²) in [7, 11) is 0. The monoisotopic (exact) mass is 419 g/mol. The zero-order valence-electron chi connectivity index (χ0n) is 15.5. The fraction of sp³-hybridized carbons (Fsp3) is 0.455. The van der Waals surface area contributed by atoms with E-state index in [0.29, 0.717) is 13.0 Å². The van der Waals surface area contributed by atoms with Crippen LogP contribution in [0.5, 0.6) is 0 Å². The highest BCUT2D eigenvalue weighted by Gasteiger charge is 2.38. The van der Waals surface area contributed by atoms with E-state index in [4.69, 9.17) is 5.11 Å². The molecular weight excluding hydrogens is 390 g/mol. The molecule has 0 saturated carbocycles. The van der Waals surface area contributed by atoms with Crippen molar-refractivity contribution in [2.45, 2.75) is 44.1 Å². The lowest BCUT2D eigenvalue weighted by atomic mass is 9.74. The van der Waals surface area contributed by atoms with Crippen molar-refractivity contribution in [3.63, 3.8) is 0 Å². The van der Waals surface area contributed by atoms with Crippen molar-refractivity contribution in [1.29, 1.82) is 0 Å². The van der Waals surface area contributed by atoms with Crippen LogP contribution in [0.2, 0.25) is 0 Å². The van der Waals surface area contributed by atoms with Gasteiger partial charge in [0.25, 0.3) is 0 Å². The number of rotatable bonds is 11. The Balaban J connectivity index is 2.30. The molecule has 3 N–H and O–H groups in total. The Bertz CT molecular complexity index is 632. The van der Waals surface area contributed by atoms with E-state index in [-0.39, 0.29) is 12.5 Å². The number of benzene rings is 2. The van der Waals surface area contributed by atoms with Gasteiger partial charge in [0, 0.05) is 23.5 Å². The van der Waals surface area contributed by atoms with Gasteiger partial charge in [-0.1, -0.05) is 71.7 Å². The van der Waals surface area contributed by atoms with Gasteiger partial charge in [0.05, 0.1) is 5.60 Å². The Labute approximate surface area is 165 Å². The third-order valence-corrected chi connectivity index (χ3v) is 5.39. The van der Waals surface area contributed by atoms with Crippen molar-refractivity contribution in [2.24, 2.45) is 0 Å². The number of hydrogen-bond donors (Lipinski definition) is 3. The summed E-state index contributed by atoms with van der Waals surface area (Å²) in [6.07, 6.45) is 3.34. The zero-order chi connectivity index (χ0) is 18.8. The average Bonchev–Trinajstić information content (AvgIpc) is 2.66. The molecule has 0 amide bonds. The molecule has 0 radical (unpaired) electrons. The third kappa shape index (κ3) is 5.65. The lowest BCUT2D eigenvalue weighted by Gasteiger charge is -2.37. The summed E-state index contributed by atoms with van der Waals surface area (Å²) in [6.45, 7) is 3.87.